The number of nitrogens with one attached hydrogen (secondary N) is 1. The van der Waals surface area contributed by atoms with Crippen LogP contribution in [-0.4, -0.2) is 55.0 Å². The van der Waals surface area contributed by atoms with Crippen molar-refractivity contribution in [2.45, 2.75) is 46.6 Å². The predicted molar refractivity (Wildman–Crippen MR) is 101 cm³/mol. The average molecular weight is 332 g/mol. The standard InChI is InChI=1S/C20H33N3O/c1-6-10-22(5)13-18-9-11-23(14-18)17(4)20(24)21-19-8-7-15(2)12-16(19)3/h7-8,12,17-18H,6,9-11,13-14H2,1-5H3,(H,21,24). The van der Waals surface area contributed by atoms with Crippen LogP contribution in [0.25, 0.3) is 0 Å². The van der Waals surface area contributed by atoms with Crippen LogP contribution < -0.4 is 5.32 Å². The van der Waals surface area contributed by atoms with Crippen molar-refractivity contribution in [1.29, 1.82) is 0 Å². The Kier molecular flexibility index (Phi) is 6.81. The molecule has 0 aromatic heterocycles. The topological polar surface area (TPSA) is 35.6 Å². The number of hydrogen-bond donors (Lipinski definition) is 1. The van der Waals surface area contributed by atoms with E-state index in [0.717, 1.165) is 37.4 Å². The molecule has 0 radical (unpaired) electrons. The molecule has 1 N–H and O–H groups in total. The number of hydrogen-bond acceptors (Lipinski definition) is 3. The van der Waals surface area contributed by atoms with E-state index in [1.54, 1.807) is 0 Å². The zero-order valence-corrected chi connectivity index (χ0v) is 15.9. The zero-order valence-electron chi connectivity index (χ0n) is 15.9. The van der Waals surface area contributed by atoms with Gasteiger partial charge in [0, 0.05) is 18.8 Å². The summed E-state index contributed by atoms with van der Waals surface area (Å²) >= 11 is 0. The minimum absolute atomic E-state index is 0.0767. The lowest BCUT2D eigenvalue weighted by Crippen LogP contribution is -2.41. The molecule has 1 aromatic carbocycles. The Hall–Kier alpha value is -1.39. The first-order valence-electron chi connectivity index (χ1n) is 9.21. The van der Waals surface area contributed by atoms with E-state index in [1.165, 1.54) is 18.4 Å². The summed E-state index contributed by atoms with van der Waals surface area (Å²) in [4.78, 5) is 17.3. The Morgan fingerprint density at radius 1 is 1.42 bits per heavy atom. The first-order chi connectivity index (χ1) is 11.4. The smallest absolute Gasteiger partial charge is 0.241 e. The molecule has 134 valence electrons. The van der Waals surface area contributed by atoms with Crippen LogP contribution in [0.1, 0.15) is 37.8 Å². The summed E-state index contributed by atoms with van der Waals surface area (Å²) in [5, 5.41) is 3.10. The largest absolute Gasteiger partial charge is 0.324 e. The van der Waals surface area contributed by atoms with Crippen LogP contribution in [0.3, 0.4) is 0 Å². The summed E-state index contributed by atoms with van der Waals surface area (Å²) < 4.78 is 0. The molecule has 1 fully saturated rings. The van der Waals surface area contributed by atoms with Crippen molar-refractivity contribution in [3.05, 3.63) is 29.3 Å². The van der Waals surface area contributed by atoms with Gasteiger partial charge >= 0.3 is 0 Å². The molecule has 24 heavy (non-hydrogen) atoms. The fraction of sp³-hybridized carbons (Fsp3) is 0.650. The number of likely N-dealkylation sites (tertiary alicyclic amines) is 1. The molecule has 0 bridgehead atoms. The molecule has 1 saturated heterocycles. The minimum Gasteiger partial charge on any atom is -0.324 e. The number of nitrogens with zero attached hydrogens (tertiary/aromatic N) is 2. The van der Waals surface area contributed by atoms with Gasteiger partial charge in [0.15, 0.2) is 0 Å². The fourth-order valence-corrected chi connectivity index (χ4v) is 3.63. The lowest BCUT2D eigenvalue weighted by Gasteiger charge is -2.25. The van der Waals surface area contributed by atoms with Gasteiger partial charge in [-0.05, 0) is 71.3 Å². The van der Waals surface area contributed by atoms with Crippen molar-refractivity contribution in [3.8, 4) is 0 Å². The van der Waals surface area contributed by atoms with Crippen LogP contribution in [-0.2, 0) is 4.79 Å². The van der Waals surface area contributed by atoms with Crippen LogP contribution in [0.2, 0.25) is 0 Å². The molecule has 0 spiro atoms. The number of amides is 1. The van der Waals surface area contributed by atoms with Crippen LogP contribution >= 0.6 is 0 Å². The maximum Gasteiger partial charge on any atom is 0.241 e. The number of aryl methyl sites for hydroxylation is 2. The minimum atomic E-state index is -0.0767. The summed E-state index contributed by atoms with van der Waals surface area (Å²) in [6.45, 7) is 12.7. The van der Waals surface area contributed by atoms with E-state index in [4.69, 9.17) is 0 Å². The van der Waals surface area contributed by atoms with E-state index in [9.17, 15) is 4.79 Å². The summed E-state index contributed by atoms with van der Waals surface area (Å²) in [7, 11) is 2.20. The third-order valence-corrected chi connectivity index (χ3v) is 5.06. The van der Waals surface area contributed by atoms with Gasteiger partial charge in [0.2, 0.25) is 5.91 Å². The van der Waals surface area contributed by atoms with Crippen molar-refractivity contribution < 1.29 is 4.79 Å². The van der Waals surface area contributed by atoms with Crippen molar-refractivity contribution in [2.75, 3.05) is 38.5 Å². The predicted octanol–water partition coefficient (Wildman–Crippen LogP) is 3.29. The van der Waals surface area contributed by atoms with Gasteiger partial charge in [0.25, 0.3) is 0 Å². The summed E-state index contributed by atoms with van der Waals surface area (Å²) in [5.74, 6) is 0.780. The second-order valence-corrected chi connectivity index (χ2v) is 7.40. The molecule has 0 aliphatic carbocycles. The maximum atomic E-state index is 12.6. The van der Waals surface area contributed by atoms with Gasteiger partial charge in [-0.2, -0.15) is 0 Å². The Morgan fingerprint density at radius 3 is 2.83 bits per heavy atom. The fourth-order valence-electron chi connectivity index (χ4n) is 3.63. The van der Waals surface area contributed by atoms with Crippen LogP contribution in [0.15, 0.2) is 18.2 Å². The molecular formula is C20H33N3O. The molecule has 2 rings (SSSR count). The van der Waals surface area contributed by atoms with Crippen LogP contribution in [0.4, 0.5) is 5.69 Å². The van der Waals surface area contributed by atoms with Crippen LogP contribution in [0.5, 0.6) is 0 Å². The van der Waals surface area contributed by atoms with Gasteiger partial charge in [0.05, 0.1) is 6.04 Å². The number of benzene rings is 1. The molecule has 4 heteroatoms. The van der Waals surface area contributed by atoms with Crippen molar-refractivity contribution in [2.24, 2.45) is 5.92 Å². The van der Waals surface area contributed by atoms with Crippen LogP contribution in [0, 0.1) is 19.8 Å². The van der Waals surface area contributed by atoms with Gasteiger partial charge in [0.1, 0.15) is 0 Å². The molecule has 0 saturated carbocycles. The van der Waals surface area contributed by atoms with E-state index >= 15 is 0 Å². The highest BCUT2D eigenvalue weighted by molar-refractivity contribution is 5.95. The lowest BCUT2D eigenvalue weighted by molar-refractivity contribution is -0.120. The highest BCUT2D eigenvalue weighted by Crippen LogP contribution is 2.21. The molecule has 2 atom stereocenters. The molecule has 1 aromatic rings. The summed E-state index contributed by atoms with van der Waals surface area (Å²) in [5.41, 5.74) is 3.27. The number of carbonyl (C=O) groups excluding carboxylic acids is 1. The second-order valence-electron chi connectivity index (χ2n) is 7.40. The Bertz CT molecular complexity index is 558. The van der Waals surface area contributed by atoms with Gasteiger partial charge in [-0.15, -0.1) is 0 Å². The zero-order chi connectivity index (χ0) is 17.7. The van der Waals surface area contributed by atoms with Crippen molar-refractivity contribution in [3.63, 3.8) is 0 Å². The Balaban J connectivity index is 1.87. The molecule has 1 heterocycles. The van der Waals surface area contributed by atoms with Gasteiger partial charge in [-0.1, -0.05) is 24.6 Å². The van der Waals surface area contributed by atoms with Gasteiger partial charge in [-0.25, -0.2) is 0 Å². The molecule has 1 aliphatic rings. The second kappa shape index (κ2) is 8.63. The number of carbonyl (C=O) groups is 1. The average Bonchev–Trinajstić information content (AvgIpc) is 2.97. The SMILES string of the molecule is CCCN(C)CC1CCN(C(C)C(=O)Nc2ccc(C)cc2C)C1. The van der Waals surface area contributed by atoms with Gasteiger partial charge < -0.3 is 10.2 Å². The lowest BCUT2D eigenvalue weighted by atomic mass is 10.1. The van der Waals surface area contributed by atoms with E-state index < -0.39 is 0 Å². The molecule has 1 aliphatic heterocycles. The highest BCUT2D eigenvalue weighted by Gasteiger charge is 2.30. The van der Waals surface area contributed by atoms with E-state index in [-0.39, 0.29) is 11.9 Å². The Morgan fingerprint density at radius 2 is 2.17 bits per heavy atom. The number of anilines is 1. The first-order valence-corrected chi connectivity index (χ1v) is 9.21. The molecular weight excluding hydrogens is 298 g/mol. The summed E-state index contributed by atoms with van der Waals surface area (Å²) in [6.07, 6.45) is 2.39. The van der Waals surface area contributed by atoms with E-state index in [1.807, 2.05) is 26.0 Å². The maximum absolute atomic E-state index is 12.6. The van der Waals surface area contributed by atoms with Gasteiger partial charge in [-0.3, -0.25) is 9.69 Å². The monoisotopic (exact) mass is 331 g/mol. The normalized spacial score (nSPS) is 19.7. The first kappa shape index (κ1) is 18.9. The van der Waals surface area contributed by atoms with E-state index in [2.05, 4.69) is 42.1 Å². The summed E-state index contributed by atoms with van der Waals surface area (Å²) in [6, 6.07) is 6.08. The van der Waals surface area contributed by atoms with E-state index in [0.29, 0.717) is 5.92 Å². The van der Waals surface area contributed by atoms with Crippen molar-refractivity contribution >= 4 is 11.6 Å². The highest BCUT2D eigenvalue weighted by atomic mass is 16.2. The Labute approximate surface area is 147 Å². The van der Waals surface area contributed by atoms with Crippen molar-refractivity contribution in [1.82, 2.24) is 9.80 Å². The number of rotatable bonds is 7. The molecule has 2 unspecified atom stereocenters. The third-order valence-electron chi connectivity index (χ3n) is 5.06. The quantitative estimate of drug-likeness (QED) is 0.833. The third kappa shape index (κ3) is 5.05. The molecule has 4 nitrogen and oxygen atoms in total. The molecule has 1 amide bonds.